The SMILES string of the molecule is CCCCCCCNc1ccc([N+](=O)[O-])c(F)c1. The number of hydrogen-bond donors (Lipinski definition) is 1. The minimum atomic E-state index is -0.795. The molecule has 0 saturated heterocycles. The molecular weight excluding hydrogens is 235 g/mol. The van der Waals surface area contributed by atoms with Crippen LogP contribution in [0.25, 0.3) is 0 Å². The van der Waals surface area contributed by atoms with Crippen LogP contribution >= 0.6 is 0 Å². The molecule has 0 radical (unpaired) electrons. The summed E-state index contributed by atoms with van der Waals surface area (Å²) in [7, 11) is 0. The first-order valence-electron chi connectivity index (χ1n) is 6.33. The van der Waals surface area contributed by atoms with Crippen LogP contribution in [-0.2, 0) is 0 Å². The minimum Gasteiger partial charge on any atom is -0.385 e. The Hall–Kier alpha value is -1.65. The fraction of sp³-hybridized carbons (Fsp3) is 0.538. The van der Waals surface area contributed by atoms with Crippen LogP contribution in [-0.4, -0.2) is 11.5 Å². The van der Waals surface area contributed by atoms with Gasteiger partial charge < -0.3 is 5.32 Å². The number of anilines is 1. The highest BCUT2D eigenvalue weighted by Crippen LogP contribution is 2.20. The van der Waals surface area contributed by atoms with Gasteiger partial charge in [-0.3, -0.25) is 10.1 Å². The Labute approximate surface area is 106 Å². The summed E-state index contributed by atoms with van der Waals surface area (Å²) in [6.07, 6.45) is 5.84. The Balaban J connectivity index is 2.35. The predicted octanol–water partition coefficient (Wildman–Crippen LogP) is 4.12. The maximum atomic E-state index is 13.3. The molecule has 0 spiro atoms. The third-order valence-corrected chi connectivity index (χ3v) is 2.75. The number of benzene rings is 1. The number of nitrogens with zero attached hydrogens (tertiary/aromatic N) is 1. The Morgan fingerprint density at radius 1 is 1.28 bits per heavy atom. The molecule has 0 aliphatic rings. The van der Waals surface area contributed by atoms with E-state index in [0.717, 1.165) is 19.4 Å². The van der Waals surface area contributed by atoms with E-state index in [1.165, 1.54) is 37.5 Å². The van der Waals surface area contributed by atoms with Crippen molar-refractivity contribution in [3.05, 3.63) is 34.1 Å². The molecule has 5 heteroatoms. The molecule has 0 heterocycles. The van der Waals surface area contributed by atoms with E-state index < -0.39 is 16.4 Å². The van der Waals surface area contributed by atoms with E-state index in [1.54, 1.807) is 0 Å². The van der Waals surface area contributed by atoms with Crippen molar-refractivity contribution in [2.75, 3.05) is 11.9 Å². The fourth-order valence-corrected chi connectivity index (χ4v) is 1.73. The lowest BCUT2D eigenvalue weighted by Gasteiger charge is -2.06. The van der Waals surface area contributed by atoms with E-state index in [1.807, 2.05) is 0 Å². The summed E-state index contributed by atoms with van der Waals surface area (Å²) >= 11 is 0. The molecule has 1 rings (SSSR count). The van der Waals surface area contributed by atoms with Crippen molar-refractivity contribution in [3.8, 4) is 0 Å². The molecule has 0 aliphatic heterocycles. The van der Waals surface area contributed by atoms with Gasteiger partial charge in [-0.25, -0.2) is 0 Å². The minimum absolute atomic E-state index is 0.483. The molecule has 1 aromatic carbocycles. The lowest BCUT2D eigenvalue weighted by molar-refractivity contribution is -0.387. The molecule has 0 unspecified atom stereocenters. The van der Waals surface area contributed by atoms with Crippen LogP contribution in [0.15, 0.2) is 18.2 Å². The van der Waals surface area contributed by atoms with Gasteiger partial charge in [-0.15, -0.1) is 0 Å². The standard InChI is InChI=1S/C13H19FN2O2/c1-2-3-4-5-6-9-15-11-7-8-13(16(17)18)12(14)10-11/h7-8,10,15H,2-6,9H2,1H3. The van der Waals surface area contributed by atoms with Crippen LogP contribution in [0.4, 0.5) is 15.8 Å². The van der Waals surface area contributed by atoms with E-state index in [4.69, 9.17) is 0 Å². The summed E-state index contributed by atoms with van der Waals surface area (Å²) in [5, 5.41) is 13.5. The number of nitro benzene ring substituents is 1. The number of nitro groups is 1. The fourth-order valence-electron chi connectivity index (χ4n) is 1.73. The van der Waals surface area contributed by atoms with E-state index >= 15 is 0 Å². The highest BCUT2D eigenvalue weighted by atomic mass is 19.1. The number of nitrogens with one attached hydrogen (secondary N) is 1. The average Bonchev–Trinajstić information content (AvgIpc) is 2.33. The molecule has 0 aliphatic carbocycles. The first-order chi connectivity index (χ1) is 8.65. The Morgan fingerprint density at radius 2 is 2.00 bits per heavy atom. The summed E-state index contributed by atoms with van der Waals surface area (Å²) in [6, 6.07) is 3.90. The van der Waals surface area contributed by atoms with Crippen LogP contribution in [0.1, 0.15) is 39.0 Å². The normalized spacial score (nSPS) is 10.3. The predicted molar refractivity (Wildman–Crippen MR) is 70.3 cm³/mol. The molecule has 0 fully saturated rings. The van der Waals surface area contributed by atoms with Crippen LogP contribution in [0.3, 0.4) is 0 Å². The number of unbranched alkanes of at least 4 members (excludes halogenated alkanes) is 4. The molecule has 0 saturated carbocycles. The zero-order chi connectivity index (χ0) is 13.4. The van der Waals surface area contributed by atoms with Gasteiger partial charge in [-0.1, -0.05) is 32.6 Å². The molecule has 0 amide bonds. The third-order valence-electron chi connectivity index (χ3n) is 2.75. The average molecular weight is 254 g/mol. The maximum absolute atomic E-state index is 13.3. The van der Waals surface area contributed by atoms with Crippen molar-refractivity contribution in [3.63, 3.8) is 0 Å². The van der Waals surface area contributed by atoms with Gasteiger partial charge in [0.25, 0.3) is 0 Å². The summed E-state index contributed by atoms with van der Waals surface area (Å²) in [6.45, 7) is 2.93. The molecular formula is C13H19FN2O2. The van der Waals surface area contributed by atoms with Crippen molar-refractivity contribution >= 4 is 11.4 Å². The lowest BCUT2D eigenvalue weighted by atomic mass is 10.1. The highest BCUT2D eigenvalue weighted by molar-refractivity contribution is 5.49. The number of hydrogen-bond acceptors (Lipinski definition) is 3. The van der Waals surface area contributed by atoms with Gasteiger partial charge in [-0.2, -0.15) is 4.39 Å². The monoisotopic (exact) mass is 254 g/mol. The third kappa shape index (κ3) is 4.69. The van der Waals surface area contributed by atoms with E-state index in [0.29, 0.717) is 5.69 Å². The van der Waals surface area contributed by atoms with E-state index in [9.17, 15) is 14.5 Å². The summed E-state index contributed by atoms with van der Waals surface area (Å²) in [4.78, 5) is 9.72. The zero-order valence-corrected chi connectivity index (χ0v) is 10.6. The smallest absolute Gasteiger partial charge is 0.304 e. The van der Waals surface area contributed by atoms with Crippen LogP contribution in [0.2, 0.25) is 0 Å². The van der Waals surface area contributed by atoms with Gasteiger partial charge in [0.05, 0.1) is 4.92 Å². The molecule has 0 atom stereocenters. The van der Waals surface area contributed by atoms with E-state index in [2.05, 4.69) is 12.2 Å². The van der Waals surface area contributed by atoms with Gasteiger partial charge in [0.15, 0.2) is 0 Å². The zero-order valence-electron chi connectivity index (χ0n) is 10.6. The van der Waals surface area contributed by atoms with Crippen molar-refractivity contribution in [2.24, 2.45) is 0 Å². The Bertz CT molecular complexity index is 397. The molecule has 4 nitrogen and oxygen atoms in total. The summed E-state index contributed by atoms with van der Waals surface area (Å²) < 4.78 is 13.3. The topological polar surface area (TPSA) is 55.2 Å². The molecule has 18 heavy (non-hydrogen) atoms. The number of halogens is 1. The first-order valence-corrected chi connectivity index (χ1v) is 6.33. The molecule has 1 aromatic rings. The Kier molecular flexibility index (Phi) is 6.11. The molecule has 0 aromatic heterocycles. The second-order valence-corrected chi connectivity index (χ2v) is 4.26. The van der Waals surface area contributed by atoms with Crippen LogP contribution in [0, 0.1) is 15.9 Å². The van der Waals surface area contributed by atoms with Gasteiger partial charge in [0.1, 0.15) is 0 Å². The van der Waals surface area contributed by atoms with Gasteiger partial charge in [-0.05, 0) is 12.5 Å². The van der Waals surface area contributed by atoms with Crippen LogP contribution in [0.5, 0.6) is 0 Å². The highest BCUT2D eigenvalue weighted by Gasteiger charge is 2.13. The summed E-state index contributed by atoms with van der Waals surface area (Å²) in [5.41, 5.74) is 0.108. The molecule has 0 bridgehead atoms. The lowest BCUT2D eigenvalue weighted by Crippen LogP contribution is -2.02. The molecule has 100 valence electrons. The largest absolute Gasteiger partial charge is 0.385 e. The van der Waals surface area contributed by atoms with Gasteiger partial charge >= 0.3 is 5.69 Å². The molecule has 1 N–H and O–H groups in total. The number of rotatable bonds is 8. The quantitative estimate of drug-likeness (QED) is 0.431. The van der Waals surface area contributed by atoms with Crippen molar-refractivity contribution in [1.29, 1.82) is 0 Å². The van der Waals surface area contributed by atoms with E-state index in [-0.39, 0.29) is 0 Å². The van der Waals surface area contributed by atoms with Crippen molar-refractivity contribution < 1.29 is 9.31 Å². The first kappa shape index (κ1) is 14.4. The van der Waals surface area contributed by atoms with Crippen molar-refractivity contribution in [1.82, 2.24) is 0 Å². The summed E-state index contributed by atoms with van der Waals surface area (Å²) in [5.74, 6) is -0.795. The van der Waals surface area contributed by atoms with Gasteiger partial charge in [0, 0.05) is 24.4 Å². The second-order valence-electron chi connectivity index (χ2n) is 4.26. The maximum Gasteiger partial charge on any atom is 0.304 e. The van der Waals surface area contributed by atoms with Crippen LogP contribution < -0.4 is 5.32 Å². The van der Waals surface area contributed by atoms with Gasteiger partial charge in [0.2, 0.25) is 5.82 Å². The second kappa shape index (κ2) is 7.63. The van der Waals surface area contributed by atoms with Crippen molar-refractivity contribution in [2.45, 2.75) is 39.0 Å². The Morgan fingerprint density at radius 3 is 2.61 bits per heavy atom.